The van der Waals surface area contributed by atoms with E-state index in [2.05, 4.69) is 15.9 Å². The zero-order valence-electron chi connectivity index (χ0n) is 11.9. The molecule has 0 heterocycles. The molecule has 0 aliphatic carbocycles. The van der Waals surface area contributed by atoms with Gasteiger partial charge in [-0.3, -0.25) is 0 Å². The van der Waals surface area contributed by atoms with Gasteiger partial charge in [-0.25, -0.2) is 4.39 Å². The standard InChI is InChI=1S/C16H16BrFO3/c1-19-15-4-3-11(7-16(15)20-2)10-21-14-6-12(9-17)5-13(18)8-14/h3-8H,9-10H2,1-2H3. The van der Waals surface area contributed by atoms with Crippen molar-refractivity contribution in [3.05, 3.63) is 53.3 Å². The van der Waals surface area contributed by atoms with Crippen LogP contribution in [0, 0.1) is 5.82 Å². The first-order valence-corrected chi connectivity index (χ1v) is 7.47. The molecule has 5 heteroatoms. The molecule has 3 nitrogen and oxygen atoms in total. The van der Waals surface area contributed by atoms with Crippen LogP contribution in [0.3, 0.4) is 0 Å². The van der Waals surface area contributed by atoms with E-state index in [4.69, 9.17) is 14.2 Å². The van der Waals surface area contributed by atoms with Crippen LogP contribution in [0.4, 0.5) is 4.39 Å². The van der Waals surface area contributed by atoms with E-state index in [0.717, 1.165) is 11.1 Å². The summed E-state index contributed by atoms with van der Waals surface area (Å²) in [6.45, 7) is 0.325. The fourth-order valence-electron chi connectivity index (χ4n) is 1.92. The molecular formula is C16H16BrFO3. The van der Waals surface area contributed by atoms with Crippen molar-refractivity contribution in [2.75, 3.05) is 14.2 Å². The summed E-state index contributed by atoms with van der Waals surface area (Å²) in [6, 6.07) is 10.2. The van der Waals surface area contributed by atoms with E-state index in [-0.39, 0.29) is 5.82 Å². The number of hydrogen-bond donors (Lipinski definition) is 0. The summed E-state index contributed by atoms with van der Waals surface area (Å²) >= 11 is 3.30. The van der Waals surface area contributed by atoms with E-state index in [0.29, 0.717) is 29.2 Å². The minimum atomic E-state index is -0.311. The van der Waals surface area contributed by atoms with Gasteiger partial charge < -0.3 is 14.2 Å². The summed E-state index contributed by atoms with van der Waals surface area (Å²) in [5, 5.41) is 0.581. The molecule has 0 fully saturated rings. The third-order valence-corrected chi connectivity index (χ3v) is 3.59. The molecule has 0 amide bonds. The second-order valence-electron chi connectivity index (χ2n) is 4.41. The average Bonchev–Trinajstić information content (AvgIpc) is 2.52. The van der Waals surface area contributed by atoms with Crippen LogP contribution in [0.1, 0.15) is 11.1 Å². The zero-order chi connectivity index (χ0) is 15.2. The predicted molar refractivity (Wildman–Crippen MR) is 82.9 cm³/mol. The topological polar surface area (TPSA) is 27.7 Å². The highest BCUT2D eigenvalue weighted by Gasteiger charge is 2.06. The molecule has 2 aromatic carbocycles. The largest absolute Gasteiger partial charge is 0.493 e. The summed E-state index contributed by atoms with van der Waals surface area (Å²) in [5.41, 5.74) is 1.75. The minimum absolute atomic E-state index is 0.311. The Labute approximate surface area is 131 Å². The lowest BCUT2D eigenvalue weighted by Crippen LogP contribution is -1.98. The van der Waals surface area contributed by atoms with Crippen LogP contribution in [-0.2, 0) is 11.9 Å². The van der Waals surface area contributed by atoms with Crippen LogP contribution in [0.5, 0.6) is 17.2 Å². The predicted octanol–water partition coefficient (Wildman–Crippen LogP) is 4.32. The molecule has 0 aliphatic rings. The van der Waals surface area contributed by atoms with Crippen molar-refractivity contribution < 1.29 is 18.6 Å². The Morgan fingerprint density at radius 2 is 1.71 bits per heavy atom. The Bertz CT molecular complexity index is 616. The Hall–Kier alpha value is -1.75. The maximum Gasteiger partial charge on any atom is 0.161 e. The Morgan fingerprint density at radius 1 is 0.952 bits per heavy atom. The highest BCUT2D eigenvalue weighted by atomic mass is 79.9. The molecule has 2 rings (SSSR count). The molecule has 0 saturated heterocycles. The molecule has 0 bridgehead atoms. The highest BCUT2D eigenvalue weighted by molar-refractivity contribution is 9.08. The van der Waals surface area contributed by atoms with Gasteiger partial charge in [0.25, 0.3) is 0 Å². The summed E-state index contributed by atoms with van der Waals surface area (Å²) in [4.78, 5) is 0. The van der Waals surface area contributed by atoms with Crippen molar-refractivity contribution in [2.45, 2.75) is 11.9 Å². The second kappa shape index (κ2) is 7.31. The van der Waals surface area contributed by atoms with Crippen molar-refractivity contribution >= 4 is 15.9 Å². The van der Waals surface area contributed by atoms with Gasteiger partial charge in [-0.2, -0.15) is 0 Å². The lowest BCUT2D eigenvalue weighted by atomic mass is 10.2. The van der Waals surface area contributed by atoms with E-state index in [9.17, 15) is 4.39 Å². The number of ether oxygens (including phenoxy) is 3. The van der Waals surface area contributed by atoms with E-state index in [1.54, 1.807) is 20.3 Å². The highest BCUT2D eigenvalue weighted by Crippen LogP contribution is 2.28. The van der Waals surface area contributed by atoms with E-state index < -0.39 is 0 Å². The van der Waals surface area contributed by atoms with Gasteiger partial charge in [-0.1, -0.05) is 22.0 Å². The summed E-state index contributed by atoms with van der Waals surface area (Å²) in [6.07, 6.45) is 0. The van der Waals surface area contributed by atoms with Crippen LogP contribution in [0.25, 0.3) is 0 Å². The molecule has 0 saturated carbocycles. The van der Waals surface area contributed by atoms with Crippen molar-refractivity contribution in [1.29, 1.82) is 0 Å². The monoisotopic (exact) mass is 354 g/mol. The number of halogens is 2. The van der Waals surface area contributed by atoms with Crippen LogP contribution in [0.2, 0.25) is 0 Å². The smallest absolute Gasteiger partial charge is 0.161 e. The Kier molecular flexibility index (Phi) is 5.44. The van der Waals surface area contributed by atoms with Crippen molar-refractivity contribution in [2.24, 2.45) is 0 Å². The maximum atomic E-state index is 13.4. The van der Waals surface area contributed by atoms with Crippen LogP contribution in [-0.4, -0.2) is 14.2 Å². The van der Waals surface area contributed by atoms with Crippen molar-refractivity contribution in [3.8, 4) is 17.2 Å². The molecule has 0 atom stereocenters. The second-order valence-corrected chi connectivity index (χ2v) is 4.97. The number of benzene rings is 2. The van der Waals surface area contributed by atoms with E-state index >= 15 is 0 Å². The fourth-order valence-corrected chi connectivity index (χ4v) is 2.24. The number of methoxy groups -OCH3 is 2. The first-order valence-electron chi connectivity index (χ1n) is 6.35. The summed E-state index contributed by atoms with van der Waals surface area (Å²) < 4.78 is 29.5. The number of alkyl halides is 1. The minimum Gasteiger partial charge on any atom is -0.493 e. The molecule has 2 aromatic rings. The molecule has 0 N–H and O–H groups in total. The van der Waals surface area contributed by atoms with E-state index in [1.807, 2.05) is 18.2 Å². The average molecular weight is 355 g/mol. The van der Waals surface area contributed by atoms with Crippen molar-refractivity contribution in [3.63, 3.8) is 0 Å². The zero-order valence-corrected chi connectivity index (χ0v) is 13.4. The van der Waals surface area contributed by atoms with Gasteiger partial charge in [0.15, 0.2) is 11.5 Å². The molecule has 0 radical (unpaired) electrons. The van der Waals surface area contributed by atoms with Gasteiger partial charge in [0.05, 0.1) is 14.2 Å². The van der Waals surface area contributed by atoms with Gasteiger partial charge in [0, 0.05) is 11.4 Å². The van der Waals surface area contributed by atoms with Gasteiger partial charge in [0.2, 0.25) is 0 Å². The van der Waals surface area contributed by atoms with Gasteiger partial charge in [-0.15, -0.1) is 0 Å². The molecule has 0 aromatic heterocycles. The molecule has 0 spiro atoms. The van der Waals surface area contributed by atoms with Gasteiger partial charge >= 0.3 is 0 Å². The SMILES string of the molecule is COc1ccc(COc2cc(F)cc(CBr)c2)cc1OC. The van der Waals surface area contributed by atoms with Gasteiger partial charge in [0.1, 0.15) is 18.2 Å². The molecule has 112 valence electrons. The number of hydrogen-bond acceptors (Lipinski definition) is 3. The molecule has 21 heavy (non-hydrogen) atoms. The van der Waals surface area contributed by atoms with E-state index in [1.165, 1.54) is 12.1 Å². The molecule has 0 aliphatic heterocycles. The van der Waals surface area contributed by atoms with Crippen LogP contribution in [0.15, 0.2) is 36.4 Å². The lowest BCUT2D eigenvalue weighted by molar-refractivity contribution is 0.302. The fraction of sp³-hybridized carbons (Fsp3) is 0.250. The molecule has 0 unspecified atom stereocenters. The van der Waals surface area contributed by atoms with Crippen LogP contribution >= 0.6 is 15.9 Å². The molecular weight excluding hydrogens is 339 g/mol. The summed E-state index contributed by atoms with van der Waals surface area (Å²) in [7, 11) is 3.17. The third-order valence-electron chi connectivity index (χ3n) is 2.94. The Morgan fingerprint density at radius 3 is 2.38 bits per heavy atom. The van der Waals surface area contributed by atoms with Gasteiger partial charge in [-0.05, 0) is 35.4 Å². The lowest BCUT2D eigenvalue weighted by Gasteiger charge is -2.11. The maximum absolute atomic E-state index is 13.4. The first-order chi connectivity index (χ1) is 10.2. The van der Waals surface area contributed by atoms with Crippen molar-refractivity contribution in [1.82, 2.24) is 0 Å². The normalized spacial score (nSPS) is 10.3. The van der Waals surface area contributed by atoms with Crippen LogP contribution < -0.4 is 14.2 Å². The number of rotatable bonds is 6. The first kappa shape index (κ1) is 15.6. The Balaban J connectivity index is 2.11. The third kappa shape index (κ3) is 4.11. The quantitative estimate of drug-likeness (QED) is 0.723. The summed E-state index contributed by atoms with van der Waals surface area (Å²) in [5.74, 6) is 1.49.